The summed E-state index contributed by atoms with van der Waals surface area (Å²) >= 11 is 0. The lowest BCUT2D eigenvalue weighted by atomic mass is 10.1. The molecule has 1 atom stereocenters. The molecule has 44 heavy (non-hydrogen) atoms. The molecule has 2 aliphatic rings. The van der Waals surface area contributed by atoms with Crippen molar-refractivity contribution in [2.24, 2.45) is 0 Å². The lowest BCUT2D eigenvalue weighted by Crippen LogP contribution is -2.56. The number of aromatic nitrogens is 2. The molecular weight excluding hydrogens is 589 g/mol. The molecule has 2 aliphatic heterocycles. The summed E-state index contributed by atoms with van der Waals surface area (Å²) in [5, 5.41) is 2.69. The van der Waals surface area contributed by atoms with Gasteiger partial charge in [-0.2, -0.15) is 0 Å². The van der Waals surface area contributed by atoms with E-state index < -0.39 is 37.7 Å². The van der Waals surface area contributed by atoms with E-state index in [9.17, 15) is 28.7 Å². The van der Waals surface area contributed by atoms with Crippen molar-refractivity contribution >= 4 is 31.3 Å². The van der Waals surface area contributed by atoms with Gasteiger partial charge in [-0.3, -0.25) is 14.2 Å². The van der Waals surface area contributed by atoms with Gasteiger partial charge in [-0.1, -0.05) is 43.7 Å². The molecule has 14 nitrogen and oxygen atoms in total. The molecule has 3 amide bonds. The van der Waals surface area contributed by atoms with Crippen LogP contribution in [-0.2, 0) is 14.1 Å². The van der Waals surface area contributed by atoms with Crippen LogP contribution in [0.25, 0.3) is 11.4 Å². The SMILES string of the molecule is CCCCOC(=O)N1CCN(C(=O)C(CCP(=O)(O)O)NC(=O)c2cc(N3CCN(C)CC3)nc(-c3ccccc3)n2)CC1. The molecule has 2 fully saturated rings. The molecule has 3 heterocycles. The first kappa shape index (κ1) is 33.3. The fourth-order valence-corrected chi connectivity index (χ4v) is 5.57. The molecule has 240 valence electrons. The topological polar surface area (TPSA) is 169 Å². The summed E-state index contributed by atoms with van der Waals surface area (Å²) in [7, 11) is -2.42. The van der Waals surface area contributed by atoms with Gasteiger partial charge in [0.25, 0.3) is 5.91 Å². The first-order valence-corrected chi connectivity index (χ1v) is 16.8. The van der Waals surface area contributed by atoms with Crippen molar-refractivity contribution in [3.8, 4) is 11.4 Å². The maximum absolute atomic E-state index is 13.6. The number of carbonyl (C=O) groups is 3. The van der Waals surface area contributed by atoms with E-state index in [-0.39, 0.29) is 38.3 Å². The van der Waals surface area contributed by atoms with Gasteiger partial charge in [-0.25, -0.2) is 14.8 Å². The summed E-state index contributed by atoms with van der Waals surface area (Å²) in [5.74, 6) is -0.200. The highest BCUT2D eigenvalue weighted by Crippen LogP contribution is 2.35. The lowest BCUT2D eigenvalue weighted by molar-refractivity contribution is -0.134. The minimum atomic E-state index is -4.46. The summed E-state index contributed by atoms with van der Waals surface area (Å²) in [5.41, 5.74) is 0.763. The Morgan fingerprint density at radius 1 is 0.977 bits per heavy atom. The van der Waals surface area contributed by atoms with Crippen LogP contribution in [0.4, 0.5) is 10.6 Å². The standard InChI is InChI=1S/C29H42N7O7P/c1-3-4-19-43-29(39)36-17-15-35(16-18-36)28(38)23(10-20-44(40,41)42)31-27(37)24-21-25(34-13-11-33(2)12-14-34)32-26(30-24)22-8-6-5-7-9-22/h5-9,21,23H,3-4,10-20H2,1-2H3,(H,31,37)(H2,40,41,42). The Morgan fingerprint density at radius 2 is 1.64 bits per heavy atom. The van der Waals surface area contributed by atoms with Crippen LogP contribution >= 0.6 is 7.60 Å². The van der Waals surface area contributed by atoms with Gasteiger partial charge in [-0.05, 0) is 19.9 Å². The minimum Gasteiger partial charge on any atom is -0.449 e. The van der Waals surface area contributed by atoms with Crippen LogP contribution < -0.4 is 10.2 Å². The summed E-state index contributed by atoms with van der Waals surface area (Å²) in [6.45, 7) is 6.30. The highest BCUT2D eigenvalue weighted by atomic mass is 31.2. The number of rotatable bonds is 11. The first-order chi connectivity index (χ1) is 21.0. The Balaban J connectivity index is 1.52. The molecule has 0 radical (unpaired) electrons. The van der Waals surface area contributed by atoms with E-state index in [4.69, 9.17) is 9.72 Å². The average Bonchev–Trinajstić information content (AvgIpc) is 3.03. The predicted octanol–water partition coefficient (Wildman–Crippen LogP) is 1.64. The molecule has 1 aromatic heterocycles. The zero-order chi connectivity index (χ0) is 31.7. The molecule has 4 rings (SSSR count). The third-order valence-corrected chi connectivity index (χ3v) is 8.53. The van der Waals surface area contributed by atoms with E-state index >= 15 is 0 Å². The predicted molar refractivity (Wildman–Crippen MR) is 164 cm³/mol. The molecule has 0 aliphatic carbocycles. The van der Waals surface area contributed by atoms with E-state index in [0.717, 1.165) is 31.5 Å². The number of carbonyl (C=O) groups excluding carboxylic acids is 3. The third-order valence-electron chi connectivity index (χ3n) is 7.69. The Morgan fingerprint density at radius 3 is 2.27 bits per heavy atom. The van der Waals surface area contributed by atoms with Crippen molar-refractivity contribution in [1.29, 1.82) is 0 Å². The van der Waals surface area contributed by atoms with Gasteiger partial charge < -0.3 is 39.4 Å². The molecule has 0 saturated carbocycles. The van der Waals surface area contributed by atoms with Crippen LogP contribution in [0.5, 0.6) is 0 Å². The molecular formula is C29H42N7O7P. The number of nitrogens with one attached hydrogen (secondary N) is 1. The monoisotopic (exact) mass is 631 g/mol. The van der Waals surface area contributed by atoms with Crippen LogP contribution in [0.3, 0.4) is 0 Å². The van der Waals surface area contributed by atoms with Crippen molar-refractivity contribution in [3.63, 3.8) is 0 Å². The number of hydrogen-bond donors (Lipinski definition) is 3. The number of unbranched alkanes of at least 4 members (excludes halogenated alkanes) is 1. The van der Waals surface area contributed by atoms with E-state index in [2.05, 4.69) is 20.1 Å². The van der Waals surface area contributed by atoms with Gasteiger partial charge in [0.05, 0.1) is 12.8 Å². The molecule has 3 N–H and O–H groups in total. The number of ether oxygens (including phenoxy) is 1. The van der Waals surface area contributed by atoms with Gasteiger partial charge in [0.1, 0.15) is 17.6 Å². The Hall–Kier alpha value is -3.58. The summed E-state index contributed by atoms with van der Waals surface area (Å²) in [4.78, 5) is 75.2. The number of nitrogens with zero attached hydrogens (tertiary/aromatic N) is 6. The number of piperazine rings is 2. The maximum Gasteiger partial charge on any atom is 0.409 e. The molecule has 0 bridgehead atoms. The van der Waals surface area contributed by atoms with Crippen molar-refractivity contribution in [2.45, 2.75) is 32.2 Å². The van der Waals surface area contributed by atoms with Gasteiger partial charge >= 0.3 is 13.7 Å². The quantitative estimate of drug-likeness (QED) is 0.244. The minimum absolute atomic E-state index is 0.0430. The van der Waals surface area contributed by atoms with Crippen molar-refractivity contribution in [3.05, 3.63) is 42.1 Å². The molecule has 15 heteroatoms. The van der Waals surface area contributed by atoms with Gasteiger partial charge in [-0.15, -0.1) is 0 Å². The van der Waals surface area contributed by atoms with Gasteiger partial charge in [0.15, 0.2) is 5.82 Å². The van der Waals surface area contributed by atoms with Crippen LogP contribution in [0, 0.1) is 0 Å². The molecule has 1 unspecified atom stereocenters. The summed E-state index contributed by atoms with van der Waals surface area (Å²) in [6, 6.07) is 9.63. The zero-order valence-corrected chi connectivity index (χ0v) is 26.2. The van der Waals surface area contributed by atoms with Crippen LogP contribution in [-0.4, -0.2) is 131 Å². The van der Waals surface area contributed by atoms with Gasteiger partial charge in [0.2, 0.25) is 5.91 Å². The average molecular weight is 632 g/mol. The van der Waals surface area contributed by atoms with Crippen molar-refractivity contribution < 1.29 is 33.5 Å². The number of anilines is 1. The Kier molecular flexibility index (Phi) is 11.7. The van der Waals surface area contributed by atoms with E-state index in [0.29, 0.717) is 31.3 Å². The van der Waals surface area contributed by atoms with Crippen molar-refractivity contribution in [1.82, 2.24) is 30.0 Å². The number of hydrogen-bond acceptors (Lipinski definition) is 9. The summed E-state index contributed by atoms with van der Waals surface area (Å²) in [6.07, 6.45) is 0.374. The van der Waals surface area contributed by atoms with E-state index in [1.807, 2.05) is 44.3 Å². The lowest BCUT2D eigenvalue weighted by Gasteiger charge is -2.36. The second-order valence-corrected chi connectivity index (χ2v) is 12.9. The second-order valence-electron chi connectivity index (χ2n) is 11.1. The van der Waals surface area contributed by atoms with E-state index in [1.165, 1.54) is 9.80 Å². The fraction of sp³-hybridized carbons (Fsp3) is 0.552. The first-order valence-electron chi connectivity index (χ1n) is 15.0. The zero-order valence-electron chi connectivity index (χ0n) is 25.3. The maximum atomic E-state index is 13.6. The number of amides is 3. The highest BCUT2D eigenvalue weighted by molar-refractivity contribution is 7.51. The Bertz CT molecular complexity index is 1330. The number of benzene rings is 1. The van der Waals surface area contributed by atoms with E-state index in [1.54, 1.807) is 6.07 Å². The molecule has 2 saturated heterocycles. The van der Waals surface area contributed by atoms with Gasteiger partial charge in [0, 0.05) is 64.0 Å². The van der Waals surface area contributed by atoms with Crippen molar-refractivity contribution in [2.75, 3.05) is 77.1 Å². The number of likely N-dealkylation sites (N-methyl/N-ethyl adjacent to an activating group) is 1. The summed E-state index contributed by atoms with van der Waals surface area (Å²) < 4.78 is 17.0. The second kappa shape index (κ2) is 15.4. The third kappa shape index (κ3) is 9.46. The normalized spacial score (nSPS) is 16.9. The smallest absolute Gasteiger partial charge is 0.409 e. The van der Waals surface area contributed by atoms with Crippen LogP contribution in [0.15, 0.2) is 36.4 Å². The largest absolute Gasteiger partial charge is 0.449 e. The fourth-order valence-electron chi connectivity index (χ4n) is 4.98. The molecule has 0 spiro atoms. The Labute approximate surface area is 257 Å². The molecule has 2 aromatic rings. The molecule has 1 aromatic carbocycles. The highest BCUT2D eigenvalue weighted by Gasteiger charge is 2.32. The van der Waals surface area contributed by atoms with Crippen LogP contribution in [0.1, 0.15) is 36.7 Å². The van der Waals surface area contributed by atoms with Crippen LogP contribution in [0.2, 0.25) is 0 Å².